The largest absolute Gasteiger partial charge is 0.497 e. The average molecular weight is 377 g/mol. The number of nitrogens with one attached hydrogen (secondary N) is 1. The van der Waals surface area contributed by atoms with Crippen LogP contribution in [0.15, 0.2) is 24.3 Å². The molecule has 0 bridgehead atoms. The molecule has 1 aromatic carbocycles. The number of esters is 1. The van der Waals surface area contributed by atoms with Crippen LogP contribution in [0.3, 0.4) is 0 Å². The van der Waals surface area contributed by atoms with Crippen LogP contribution in [-0.2, 0) is 14.3 Å². The predicted molar refractivity (Wildman–Crippen MR) is 106 cm³/mol. The lowest BCUT2D eigenvalue weighted by Gasteiger charge is -2.33. The van der Waals surface area contributed by atoms with E-state index in [2.05, 4.69) is 26.1 Å². The number of ether oxygens (including phenoxy) is 3. The summed E-state index contributed by atoms with van der Waals surface area (Å²) in [6.45, 7) is 9.91. The van der Waals surface area contributed by atoms with Crippen molar-refractivity contribution in [3.63, 3.8) is 0 Å². The summed E-state index contributed by atoms with van der Waals surface area (Å²) in [7, 11) is 3.10. The van der Waals surface area contributed by atoms with Crippen LogP contribution in [0.5, 0.6) is 11.5 Å². The van der Waals surface area contributed by atoms with Gasteiger partial charge in [0.05, 0.1) is 14.2 Å². The van der Waals surface area contributed by atoms with E-state index in [1.54, 1.807) is 31.4 Å². The van der Waals surface area contributed by atoms with E-state index in [1.807, 2.05) is 13.8 Å². The molecule has 0 spiro atoms. The van der Waals surface area contributed by atoms with Crippen molar-refractivity contribution in [1.82, 2.24) is 5.32 Å². The minimum atomic E-state index is -0.600. The van der Waals surface area contributed by atoms with Crippen molar-refractivity contribution in [2.75, 3.05) is 20.8 Å². The zero-order chi connectivity index (χ0) is 20.7. The maximum Gasteiger partial charge on any atom is 0.331 e. The molecule has 6 heteroatoms. The maximum absolute atomic E-state index is 12.0. The van der Waals surface area contributed by atoms with Gasteiger partial charge in [-0.05, 0) is 43.9 Å². The Bertz CT molecular complexity index is 686. The molecular weight excluding hydrogens is 346 g/mol. The van der Waals surface area contributed by atoms with Crippen molar-refractivity contribution < 1.29 is 23.8 Å². The van der Waals surface area contributed by atoms with E-state index >= 15 is 0 Å². The fraction of sp³-hybridized carbons (Fsp3) is 0.524. The van der Waals surface area contributed by atoms with E-state index in [1.165, 1.54) is 13.2 Å². The molecule has 0 saturated carbocycles. The van der Waals surface area contributed by atoms with E-state index in [4.69, 9.17) is 14.2 Å². The van der Waals surface area contributed by atoms with Crippen molar-refractivity contribution in [1.29, 1.82) is 0 Å². The Labute approximate surface area is 161 Å². The van der Waals surface area contributed by atoms with E-state index in [0.29, 0.717) is 17.1 Å². The van der Waals surface area contributed by atoms with Gasteiger partial charge in [-0.2, -0.15) is 0 Å². The smallest absolute Gasteiger partial charge is 0.331 e. The van der Waals surface area contributed by atoms with E-state index < -0.39 is 5.97 Å². The second-order valence-electron chi connectivity index (χ2n) is 8.22. The highest BCUT2D eigenvalue weighted by Gasteiger charge is 2.27. The lowest BCUT2D eigenvalue weighted by atomic mass is 9.82. The molecule has 0 aliphatic carbocycles. The van der Waals surface area contributed by atoms with E-state index in [-0.39, 0.29) is 23.5 Å². The molecule has 1 aromatic rings. The zero-order valence-corrected chi connectivity index (χ0v) is 17.3. The molecule has 1 N–H and O–H groups in total. The number of carbonyl (C=O) groups excluding carboxylic acids is 2. The van der Waals surface area contributed by atoms with Crippen LogP contribution in [0.25, 0.3) is 6.08 Å². The summed E-state index contributed by atoms with van der Waals surface area (Å²) in [6.07, 6.45) is 3.64. The van der Waals surface area contributed by atoms with Crippen molar-refractivity contribution >= 4 is 18.0 Å². The van der Waals surface area contributed by atoms with E-state index in [9.17, 15) is 9.59 Å². The summed E-state index contributed by atoms with van der Waals surface area (Å²) in [5, 5.41) is 2.90. The molecule has 0 radical (unpaired) electrons. The number of benzene rings is 1. The lowest BCUT2D eigenvalue weighted by molar-refractivity contribution is -0.144. The first-order valence-corrected chi connectivity index (χ1v) is 8.84. The Morgan fingerprint density at radius 3 is 2.30 bits per heavy atom. The summed E-state index contributed by atoms with van der Waals surface area (Å²) in [5.74, 6) is 0.297. The van der Waals surface area contributed by atoms with Crippen LogP contribution in [0.1, 0.15) is 46.6 Å². The minimum Gasteiger partial charge on any atom is -0.497 e. The highest BCUT2D eigenvalue weighted by molar-refractivity contribution is 5.89. The molecule has 0 aromatic heterocycles. The molecule has 0 heterocycles. The number of hydrogen-bond acceptors (Lipinski definition) is 5. The fourth-order valence-corrected chi connectivity index (χ4v) is 3.08. The molecule has 0 aliphatic heterocycles. The van der Waals surface area contributed by atoms with Crippen LogP contribution in [0, 0.1) is 5.41 Å². The normalized spacial score (nSPS) is 12.0. The Kier molecular flexibility index (Phi) is 7.88. The minimum absolute atomic E-state index is 0.0770. The van der Waals surface area contributed by atoms with Gasteiger partial charge < -0.3 is 19.5 Å². The number of hydrogen-bond donors (Lipinski definition) is 1. The van der Waals surface area contributed by atoms with Crippen molar-refractivity contribution in [3.05, 3.63) is 29.8 Å². The SMILES string of the molecule is COc1ccc(/C=C/C(=O)OCC(=O)NC(C)(C)CC(C)(C)C)c(OC)c1. The molecule has 0 fully saturated rings. The molecule has 0 unspecified atom stereocenters. The van der Waals surface area contributed by atoms with Gasteiger partial charge in [0.2, 0.25) is 0 Å². The first kappa shape index (κ1) is 22.5. The summed E-state index contributed by atoms with van der Waals surface area (Å²) >= 11 is 0. The van der Waals surface area contributed by atoms with Gasteiger partial charge in [-0.25, -0.2) is 4.79 Å². The number of carbonyl (C=O) groups is 2. The van der Waals surface area contributed by atoms with Gasteiger partial charge in [-0.15, -0.1) is 0 Å². The monoisotopic (exact) mass is 377 g/mol. The highest BCUT2D eigenvalue weighted by Crippen LogP contribution is 2.27. The molecule has 150 valence electrons. The lowest BCUT2D eigenvalue weighted by Crippen LogP contribution is -2.47. The van der Waals surface area contributed by atoms with Crippen LogP contribution >= 0.6 is 0 Å². The molecule has 0 aliphatic rings. The van der Waals surface area contributed by atoms with Gasteiger partial charge in [0.25, 0.3) is 5.91 Å². The van der Waals surface area contributed by atoms with Crippen LogP contribution in [-0.4, -0.2) is 38.2 Å². The third kappa shape index (κ3) is 8.62. The molecule has 0 atom stereocenters. The van der Waals surface area contributed by atoms with Crippen molar-refractivity contribution in [2.45, 2.75) is 46.6 Å². The first-order chi connectivity index (χ1) is 12.5. The molecule has 27 heavy (non-hydrogen) atoms. The fourth-order valence-electron chi connectivity index (χ4n) is 3.08. The molecule has 1 amide bonds. The number of rotatable bonds is 8. The third-order valence-electron chi connectivity index (χ3n) is 3.64. The second-order valence-corrected chi connectivity index (χ2v) is 8.22. The Hall–Kier alpha value is -2.50. The van der Waals surface area contributed by atoms with Gasteiger partial charge in [0.15, 0.2) is 6.61 Å². The van der Waals surface area contributed by atoms with Crippen LogP contribution in [0.4, 0.5) is 0 Å². The summed E-state index contributed by atoms with van der Waals surface area (Å²) in [6, 6.07) is 5.25. The van der Waals surface area contributed by atoms with Crippen LogP contribution in [0.2, 0.25) is 0 Å². The zero-order valence-electron chi connectivity index (χ0n) is 17.3. The van der Waals surface area contributed by atoms with Crippen LogP contribution < -0.4 is 14.8 Å². The molecule has 6 nitrogen and oxygen atoms in total. The van der Waals surface area contributed by atoms with Gasteiger partial charge in [-0.1, -0.05) is 20.8 Å². The average Bonchev–Trinajstić information content (AvgIpc) is 2.55. The first-order valence-electron chi connectivity index (χ1n) is 8.84. The highest BCUT2D eigenvalue weighted by atomic mass is 16.5. The molecular formula is C21H31NO5. The Morgan fingerprint density at radius 2 is 1.74 bits per heavy atom. The number of methoxy groups -OCH3 is 2. The maximum atomic E-state index is 12.0. The predicted octanol–water partition coefficient (Wildman–Crippen LogP) is 3.59. The Balaban J connectivity index is 2.58. The Morgan fingerprint density at radius 1 is 1.07 bits per heavy atom. The van der Waals surface area contributed by atoms with Crippen molar-refractivity contribution in [2.24, 2.45) is 5.41 Å². The van der Waals surface area contributed by atoms with Gasteiger partial charge in [0, 0.05) is 23.2 Å². The second kappa shape index (κ2) is 9.44. The summed E-state index contributed by atoms with van der Waals surface area (Å²) < 4.78 is 15.4. The van der Waals surface area contributed by atoms with Gasteiger partial charge in [0.1, 0.15) is 11.5 Å². The number of amides is 1. The molecule has 1 rings (SSSR count). The summed E-state index contributed by atoms with van der Waals surface area (Å²) in [4.78, 5) is 23.9. The van der Waals surface area contributed by atoms with E-state index in [0.717, 1.165) is 6.42 Å². The molecule has 0 saturated heterocycles. The third-order valence-corrected chi connectivity index (χ3v) is 3.64. The van der Waals surface area contributed by atoms with Crippen molar-refractivity contribution in [3.8, 4) is 11.5 Å². The quantitative estimate of drug-likeness (QED) is 0.554. The topological polar surface area (TPSA) is 73.9 Å². The van der Waals surface area contributed by atoms with Gasteiger partial charge in [-0.3, -0.25) is 4.79 Å². The summed E-state index contributed by atoms with van der Waals surface area (Å²) in [5.41, 5.74) is 0.396. The van der Waals surface area contributed by atoms with Gasteiger partial charge >= 0.3 is 5.97 Å². The standard InChI is InChI=1S/C21H31NO5/c1-20(2,3)14-21(4,5)22-18(23)13-27-19(24)11-9-15-8-10-16(25-6)12-17(15)26-7/h8-12H,13-14H2,1-7H3,(H,22,23)/b11-9+.